The molecule has 2 aromatic rings. The topological polar surface area (TPSA) is 61.9 Å². The first kappa shape index (κ1) is 20.9. The number of carbonyl (C=O) groups is 2. The number of thioether (sulfide) groups is 1. The first-order chi connectivity index (χ1) is 14.7. The molecule has 158 valence electrons. The van der Waals surface area contributed by atoms with E-state index in [0.29, 0.717) is 30.3 Å². The Morgan fingerprint density at radius 3 is 2.57 bits per heavy atom. The number of amides is 2. The summed E-state index contributed by atoms with van der Waals surface area (Å²) in [5.41, 5.74) is 1.89. The molecular formula is C23H27N3O3S. The van der Waals surface area contributed by atoms with Gasteiger partial charge in [-0.3, -0.25) is 14.5 Å². The molecule has 1 unspecified atom stereocenters. The van der Waals surface area contributed by atoms with E-state index < -0.39 is 6.04 Å². The minimum absolute atomic E-state index is 0.0428. The van der Waals surface area contributed by atoms with Crippen molar-refractivity contribution < 1.29 is 14.3 Å². The number of hydrogen-bond donors (Lipinski definition) is 1. The van der Waals surface area contributed by atoms with Crippen molar-refractivity contribution in [3.05, 3.63) is 71.8 Å². The molecule has 7 heteroatoms. The van der Waals surface area contributed by atoms with Gasteiger partial charge in [0, 0.05) is 37.5 Å². The number of nitrogens with zero attached hydrogens (tertiary/aromatic N) is 2. The molecular weight excluding hydrogens is 398 g/mol. The lowest BCUT2D eigenvalue weighted by Gasteiger charge is -2.33. The third-order valence-electron chi connectivity index (χ3n) is 5.44. The molecule has 2 aliphatic heterocycles. The van der Waals surface area contributed by atoms with Crippen LogP contribution in [0.25, 0.3) is 0 Å². The zero-order valence-electron chi connectivity index (χ0n) is 16.9. The van der Waals surface area contributed by atoms with E-state index in [0.717, 1.165) is 19.6 Å². The Morgan fingerprint density at radius 1 is 1.07 bits per heavy atom. The highest BCUT2D eigenvalue weighted by Crippen LogP contribution is 2.23. The number of carbonyl (C=O) groups excluding carboxylic acids is 2. The first-order valence-corrected chi connectivity index (χ1v) is 11.5. The summed E-state index contributed by atoms with van der Waals surface area (Å²) in [6.07, 6.45) is -0.0428. The molecule has 0 spiro atoms. The summed E-state index contributed by atoms with van der Waals surface area (Å²) in [6.45, 7) is 3.66. The zero-order chi connectivity index (χ0) is 20.8. The minimum Gasteiger partial charge on any atom is -0.374 e. The predicted molar refractivity (Wildman–Crippen MR) is 118 cm³/mol. The van der Waals surface area contributed by atoms with Crippen molar-refractivity contribution in [3.8, 4) is 0 Å². The Balaban J connectivity index is 1.29. The molecule has 1 N–H and O–H groups in total. The van der Waals surface area contributed by atoms with Crippen LogP contribution in [0.3, 0.4) is 0 Å². The minimum atomic E-state index is -0.438. The van der Waals surface area contributed by atoms with Crippen LogP contribution in [0.4, 0.5) is 0 Å². The van der Waals surface area contributed by atoms with E-state index in [-0.39, 0.29) is 17.9 Å². The molecule has 0 radical (unpaired) electrons. The molecule has 2 fully saturated rings. The smallest absolute Gasteiger partial charge is 0.255 e. The molecule has 30 heavy (non-hydrogen) atoms. The maximum absolute atomic E-state index is 12.8. The summed E-state index contributed by atoms with van der Waals surface area (Å²) in [6, 6.07) is 19.1. The zero-order valence-corrected chi connectivity index (χ0v) is 17.7. The number of morpholine rings is 1. The van der Waals surface area contributed by atoms with Crippen molar-refractivity contribution in [2.24, 2.45) is 0 Å². The van der Waals surface area contributed by atoms with Crippen LogP contribution in [0, 0.1) is 0 Å². The standard InChI is InChI=1S/C23H27N3O3S/c27-22(21-16-30-17-26(21)23(28)19-9-5-2-6-10-19)24-13-20-15-25(11-12-29-20)14-18-7-3-1-4-8-18/h1-10,20-21H,11-17H2,(H,24,27)/t20?,21-/m0/s1. The van der Waals surface area contributed by atoms with Gasteiger partial charge in [0.2, 0.25) is 5.91 Å². The van der Waals surface area contributed by atoms with E-state index in [1.165, 1.54) is 5.56 Å². The molecule has 2 amide bonds. The Hall–Kier alpha value is -2.35. The summed E-state index contributed by atoms with van der Waals surface area (Å²) in [7, 11) is 0. The van der Waals surface area contributed by atoms with Crippen LogP contribution >= 0.6 is 11.8 Å². The van der Waals surface area contributed by atoms with Crippen LogP contribution in [0.1, 0.15) is 15.9 Å². The van der Waals surface area contributed by atoms with Crippen molar-refractivity contribution in [2.75, 3.05) is 37.9 Å². The van der Waals surface area contributed by atoms with Crippen LogP contribution in [-0.4, -0.2) is 71.6 Å². The number of ether oxygens (including phenoxy) is 1. The fraction of sp³-hybridized carbons (Fsp3) is 0.391. The Kier molecular flexibility index (Phi) is 7.04. The molecule has 2 aliphatic rings. The van der Waals surface area contributed by atoms with Crippen molar-refractivity contribution in [3.63, 3.8) is 0 Å². The summed E-state index contributed by atoms with van der Waals surface area (Å²) in [5.74, 6) is 0.962. The molecule has 2 saturated heterocycles. The second-order valence-corrected chi connectivity index (χ2v) is 8.62. The average molecular weight is 426 g/mol. The number of rotatable bonds is 6. The van der Waals surface area contributed by atoms with Crippen molar-refractivity contribution in [1.82, 2.24) is 15.1 Å². The van der Waals surface area contributed by atoms with Gasteiger partial charge in [0.05, 0.1) is 18.6 Å². The van der Waals surface area contributed by atoms with E-state index in [1.807, 2.05) is 24.3 Å². The lowest BCUT2D eigenvalue weighted by Crippen LogP contribution is -2.51. The van der Waals surface area contributed by atoms with Crippen LogP contribution in [-0.2, 0) is 16.1 Å². The van der Waals surface area contributed by atoms with Gasteiger partial charge in [0.1, 0.15) is 6.04 Å². The van der Waals surface area contributed by atoms with Gasteiger partial charge in [-0.1, -0.05) is 48.5 Å². The SMILES string of the molecule is O=C(NCC1CN(Cc2ccccc2)CCO1)[C@@H]1CSCN1C(=O)c1ccccc1. The number of hydrogen-bond acceptors (Lipinski definition) is 5. The van der Waals surface area contributed by atoms with Crippen LogP contribution in [0.5, 0.6) is 0 Å². The number of nitrogens with one attached hydrogen (secondary N) is 1. The Bertz CT molecular complexity index is 849. The van der Waals surface area contributed by atoms with Gasteiger partial charge in [-0.2, -0.15) is 0 Å². The molecule has 0 saturated carbocycles. The van der Waals surface area contributed by atoms with Crippen molar-refractivity contribution in [2.45, 2.75) is 18.7 Å². The molecule has 0 bridgehead atoms. The first-order valence-electron chi connectivity index (χ1n) is 10.3. The van der Waals surface area contributed by atoms with Crippen molar-refractivity contribution >= 4 is 23.6 Å². The van der Waals surface area contributed by atoms with Crippen LogP contribution in [0.15, 0.2) is 60.7 Å². The van der Waals surface area contributed by atoms with Gasteiger partial charge in [0.15, 0.2) is 0 Å². The highest BCUT2D eigenvalue weighted by Gasteiger charge is 2.35. The third-order valence-corrected chi connectivity index (χ3v) is 6.45. The summed E-state index contributed by atoms with van der Waals surface area (Å²) in [4.78, 5) is 29.6. The predicted octanol–water partition coefficient (Wildman–Crippen LogP) is 2.22. The largest absolute Gasteiger partial charge is 0.374 e. The van der Waals surface area contributed by atoms with Gasteiger partial charge in [-0.25, -0.2) is 0 Å². The van der Waals surface area contributed by atoms with Gasteiger partial charge in [-0.15, -0.1) is 11.8 Å². The number of benzene rings is 2. The van der Waals surface area contributed by atoms with E-state index in [9.17, 15) is 9.59 Å². The second kappa shape index (κ2) is 10.1. The molecule has 2 heterocycles. The monoisotopic (exact) mass is 425 g/mol. The van der Waals surface area contributed by atoms with E-state index in [1.54, 1.807) is 28.8 Å². The Morgan fingerprint density at radius 2 is 1.80 bits per heavy atom. The van der Waals surface area contributed by atoms with Gasteiger partial charge >= 0.3 is 0 Å². The quantitative estimate of drug-likeness (QED) is 0.769. The highest BCUT2D eigenvalue weighted by atomic mass is 32.2. The molecule has 2 atom stereocenters. The fourth-order valence-corrected chi connectivity index (χ4v) is 4.98. The highest BCUT2D eigenvalue weighted by molar-refractivity contribution is 7.99. The van der Waals surface area contributed by atoms with Crippen LogP contribution in [0.2, 0.25) is 0 Å². The van der Waals surface area contributed by atoms with Gasteiger partial charge < -0.3 is 15.0 Å². The molecule has 2 aromatic carbocycles. The normalized spacial score (nSPS) is 22.1. The lowest BCUT2D eigenvalue weighted by molar-refractivity contribution is -0.125. The van der Waals surface area contributed by atoms with E-state index in [4.69, 9.17) is 4.74 Å². The molecule has 4 rings (SSSR count). The molecule has 0 aliphatic carbocycles. The van der Waals surface area contributed by atoms with E-state index in [2.05, 4.69) is 34.5 Å². The Labute approximate surface area is 181 Å². The van der Waals surface area contributed by atoms with Gasteiger partial charge in [0.25, 0.3) is 5.91 Å². The third kappa shape index (κ3) is 5.22. The molecule has 0 aromatic heterocycles. The van der Waals surface area contributed by atoms with E-state index >= 15 is 0 Å². The summed E-state index contributed by atoms with van der Waals surface area (Å²) in [5, 5.41) is 3.02. The maximum Gasteiger partial charge on any atom is 0.255 e. The second-order valence-electron chi connectivity index (χ2n) is 7.62. The van der Waals surface area contributed by atoms with Crippen LogP contribution < -0.4 is 5.32 Å². The fourth-order valence-electron chi connectivity index (χ4n) is 3.83. The lowest BCUT2D eigenvalue weighted by atomic mass is 10.1. The van der Waals surface area contributed by atoms with Gasteiger partial charge in [-0.05, 0) is 17.7 Å². The molecule has 6 nitrogen and oxygen atoms in total. The average Bonchev–Trinajstić information content (AvgIpc) is 3.29. The van der Waals surface area contributed by atoms with Crippen molar-refractivity contribution in [1.29, 1.82) is 0 Å². The summed E-state index contributed by atoms with van der Waals surface area (Å²) < 4.78 is 5.86. The maximum atomic E-state index is 12.8. The summed E-state index contributed by atoms with van der Waals surface area (Å²) >= 11 is 1.61.